The Balaban J connectivity index is 2.01. The molecule has 0 saturated carbocycles. The zero-order valence-electron chi connectivity index (χ0n) is 9.64. The second-order valence-corrected chi connectivity index (χ2v) is 3.52. The van der Waals surface area contributed by atoms with Crippen LogP contribution in [0.2, 0.25) is 0 Å². The van der Waals surface area contributed by atoms with Gasteiger partial charge in [0, 0.05) is 12.1 Å². The summed E-state index contributed by atoms with van der Waals surface area (Å²) in [6, 6.07) is 6.22. The van der Waals surface area contributed by atoms with Crippen LogP contribution < -0.4 is 10.1 Å². The van der Waals surface area contributed by atoms with Crippen LogP contribution >= 0.6 is 0 Å². The maximum absolute atomic E-state index is 12.2. The van der Waals surface area contributed by atoms with Crippen molar-refractivity contribution in [1.82, 2.24) is 20.7 Å². The van der Waals surface area contributed by atoms with Gasteiger partial charge in [0.25, 0.3) is 5.91 Å². The molecule has 0 bridgehead atoms. The summed E-state index contributed by atoms with van der Waals surface area (Å²) >= 11 is 0. The number of benzene rings is 1. The van der Waals surface area contributed by atoms with Gasteiger partial charge in [-0.1, -0.05) is 18.2 Å². The Morgan fingerprint density at radius 1 is 1.42 bits per heavy atom. The first-order valence-corrected chi connectivity index (χ1v) is 5.33. The minimum atomic E-state index is -2.91. The summed E-state index contributed by atoms with van der Waals surface area (Å²) in [5.74, 6) is -0.432. The molecule has 1 aromatic carbocycles. The third-order valence-electron chi connectivity index (χ3n) is 2.28. The minimum Gasteiger partial charge on any atom is -0.434 e. The lowest BCUT2D eigenvalue weighted by atomic mass is 10.2. The van der Waals surface area contributed by atoms with Crippen molar-refractivity contribution in [3.63, 3.8) is 0 Å². The lowest BCUT2D eigenvalue weighted by Gasteiger charge is -2.10. The van der Waals surface area contributed by atoms with E-state index in [1.807, 2.05) is 0 Å². The van der Waals surface area contributed by atoms with E-state index in [1.54, 1.807) is 18.2 Å². The summed E-state index contributed by atoms with van der Waals surface area (Å²) in [6.45, 7) is -2.86. The topological polar surface area (TPSA) is 79.9 Å². The highest BCUT2D eigenvalue weighted by atomic mass is 19.3. The van der Waals surface area contributed by atoms with Gasteiger partial charge in [-0.3, -0.25) is 4.79 Å². The highest BCUT2D eigenvalue weighted by molar-refractivity contribution is 5.91. The summed E-state index contributed by atoms with van der Waals surface area (Å²) < 4.78 is 28.7. The zero-order chi connectivity index (χ0) is 13.7. The molecule has 2 N–H and O–H groups in total. The van der Waals surface area contributed by atoms with Crippen LogP contribution in [0, 0.1) is 0 Å². The molecule has 1 heterocycles. The molecule has 0 aliphatic heterocycles. The second kappa shape index (κ2) is 5.89. The smallest absolute Gasteiger partial charge is 0.387 e. The molecule has 100 valence electrons. The van der Waals surface area contributed by atoms with E-state index in [4.69, 9.17) is 0 Å². The fourth-order valence-corrected chi connectivity index (χ4v) is 1.44. The van der Waals surface area contributed by atoms with E-state index in [1.165, 1.54) is 12.3 Å². The van der Waals surface area contributed by atoms with Crippen LogP contribution in [0.15, 0.2) is 30.5 Å². The van der Waals surface area contributed by atoms with Crippen LogP contribution in [0.5, 0.6) is 5.75 Å². The third-order valence-corrected chi connectivity index (χ3v) is 2.28. The molecule has 0 unspecified atom stereocenters. The van der Waals surface area contributed by atoms with E-state index in [9.17, 15) is 13.6 Å². The van der Waals surface area contributed by atoms with E-state index >= 15 is 0 Å². The molecule has 0 aliphatic rings. The molecule has 2 rings (SSSR count). The predicted molar refractivity (Wildman–Crippen MR) is 60.6 cm³/mol. The highest BCUT2D eigenvalue weighted by Crippen LogP contribution is 2.19. The average Bonchev–Trinajstić information content (AvgIpc) is 2.90. The molecule has 0 radical (unpaired) electrons. The molecule has 0 fully saturated rings. The number of hydrogen-bond acceptors (Lipinski definition) is 4. The van der Waals surface area contributed by atoms with Crippen molar-refractivity contribution in [2.75, 3.05) is 0 Å². The minimum absolute atomic E-state index is 0.0259. The Hall–Kier alpha value is -2.51. The zero-order valence-corrected chi connectivity index (χ0v) is 9.64. The van der Waals surface area contributed by atoms with Gasteiger partial charge >= 0.3 is 6.61 Å². The van der Waals surface area contributed by atoms with Gasteiger partial charge in [0.15, 0.2) is 5.69 Å². The van der Waals surface area contributed by atoms with Gasteiger partial charge in [-0.15, -0.1) is 0 Å². The number of halogens is 2. The van der Waals surface area contributed by atoms with Crippen LogP contribution in [0.3, 0.4) is 0 Å². The summed E-state index contributed by atoms with van der Waals surface area (Å²) in [7, 11) is 0. The first-order chi connectivity index (χ1) is 9.16. The predicted octanol–water partition coefficient (Wildman–Crippen LogP) is 1.34. The van der Waals surface area contributed by atoms with Gasteiger partial charge in [0.1, 0.15) is 5.75 Å². The van der Waals surface area contributed by atoms with Gasteiger partial charge < -0.3 is 10.1 Å². The summed E-state index contributed by atoms with van der Waals surface area (Å²) in [5.41, 5.74) is 0.562. The van der Waals surface area contributed by atoms with Crippen molar-refractivity contribution in [1.29, 1.82) is 0 Å². The van der Waals surface area contributed by atoms with Gasteiger partial charge in [0.2, 0.25) is 0 Å². The van der Waals surface area contributed by atoms with Gasteiger partial charge in [-0.2, -0.15) is 24.2 Å². The Morgan fingerprint density at radius 2 is 2.21 bits per heavy atom. The number of carbonyl (C=O) groups excluding carboxylic acids is 1. The molecule has 0 aliphatic carbocycles. The van der Waals surface area contributed by atoms with Crippen molar-refractivity contribution >= 4 is 5.91 Å². The number of carbonyl (C=O) groups is 1. The van der Waals surface area contributed by atoms with Crippen molar-refractivity contribution in [3.05, 3.63) is 41.7 Å². The Labute approximate surface area is 106 Å². The Morgan fingerprint density at radius 3 is 2.89 bits per heavy atom. The number of rotatable bonds is 5. The van der Waals surface area contributed by atoms with Gasteiger partial charge in [0.05, 0.1) is 6.20 Å². The number of alkyl halides is 2. The molecular weight excluding hydrogens is 258 g/mol. The van der Waals surface area contributed by atoms with Crippen LogP contribution in [0.4, 0.5) is 8.78 Å². The van der Waals surface area contributed by atoms with Crippen LogP contribution in [-0.4, -0.2) is 27.9 Å². The van der Waals surface area contributed by atoms with E-state index in [0.29, 0.717) is 5.56 Å². The quantitative estimate of drug-likeness (QED) is 0.857. The lowest BCUT2D eigenvalue weighted by Crippen LogP contribution is -2.23. The van der Waals surface area contributed by atoms with E-state index in [0.717, 1.165) is 0 Å². The van der Waals surface area contributed by atoms with Crippen LogP contribution in [0.25, 0.3) is 0 Å². The van der Waals surface area contributed by atoms with Crippen molar-refractivity contribution in [2.45, 2.75) is 13.2 Å². The number of nitrogens with zero attached hydrogens (tertiary/aromatic N) is 2. The maximum atomic E-state index is 12.2. The highest BCUT2D eigenvalue weighted by Gasteiger charge is 2.12. The number of para-hydroxylation sites is 1. The monoisotopic (exact) mass is 268 g/mol. The molecule has 6 nitrogen and oxygen atoms in total. The fourth-order valence-electron chi connectivity index (χ4n) is 1.44. The third kappa shape index (κ3) is 3.47. The molecule has 0 spiro atoms. The normalized spacial score (nSPS) is 10.5. The standard InChI is InChI=1S/C11H10F2N4O2/c12-11(13)19-9-4-2-1-3-7(9)5-14-10(18)8-6-15-17-16-8/h1-4,6,11H,5H2,(H,14,18)(H,15,16,17). The molecule has 2 aromatic rings. The Bertz CT molecular complexity index is 545. The van der Waals surface area contributed by atoms with Gasteiger partial charge in [-0.05, 0) is 6.07 Å². The molecule has 8 heteroatoms. The number of aromatic nitrogens is 3. The average molecular weight is 268 g/mol. The van der Waals surface area contributed by atoms with Crippen LogP contribution in [-0.2, 0) is 6.54 Å². The van der Waals surface area contributed by atoms with Crippen molar-refractivity contribution < 1.29 is 18.3 Å². The first-order valence-electron chi connectivity index (χ1n) is 5.33. The molecule has 0 atom stereocenters. The largest absolute Gasteiger partial charge is 0.434 e. The van der Waals surface area contributed by atoms with E-state index in [2.05, 4.69) is 25.5 Å². The Kier molecular flexibility index (Phi) is 4.01. The van der Waals surface area contributed by atoms with Crippen LogP contribution in [0.1, 0.15) is 16.1 Å². The maximum Gasteiger partial charge on any atom is 0.387 e. The van der Waals surface area contributed by atoms with E-state index < -0.39 is 12.5 Å². The molecule has 1 amide bonds. The van der Waals surface area contributed by atoms with E-state index in [-0.39, 0.29) is 18.0 Å². The number of aromatic amines is 1. The first kappa shape index (κ1) is 12.9. The molecular formula is C11H10F2N4O2. The summed E-state index contributed by atoms with van der Waals surface area (Å²) in [6.07, 6.45) is 1.26. The lowest BCUT2D eigenvalue weighted by molar-refractivity contribution is -0.0504. The number of H-pyrrole nitrogens is 1. The molecule has 19 heavy (non-hydrogen) atoms. The number of hydrogen-bond donors (Lipinski definition) is 2. The van der Waals surface area contributed by atoms with Crippen molar-refractivity contribution in [3.8, 4) is 5.75 Å². The summed E-state index contributed by atoms with van der Waals surface area (Å²) in [5, 5.41) is 11.9. The fraction of sp³-hybridized carbons (Fsp3) is 0.182. The number of nitrogens with one attached hydrogen (secondary N) is 2. The second-order valence-electron chi connectivity index (χ2n) is 3.52. The van der Waals surface area contributed by atoms with Gasteiger partial charge in [-0.25, -0.2) is 0 Å². The summed E-state index contributed by atoms with van der Waals surface area (Å²) in [4.78, 5) is 11.6. The molecule has 1 aromatic heterocycles. The number of ether oxygens (including phenoxy) is 1. The SMILES string of the molecule is O=C(NCc1ccccc1OC(F)F)c1cn[nH]n1. The molecule has 0 saturated heterocycles. The number of amides is 1. The van der Waals surface area contributed by atoms with Crippen molar-refractivity contribution in [2.24, 2.45) is 0 Å².